The van der Waals surface area contributed by atoms with Crippen LogP contribution in [0.15, 0.2) is 23.2 Å². The summed E-state index contributed by atoms with van der Waals surface area (Å²) in [5.41, 5.74) is 1.70. The molecular formula is C16H21N3O3S. The van der Waals surface area contributed by atoms with Crippen molar-refractivity contribution in [1.29, 1.82) is 0 Å². The number of rotatable bonds is 5. The number of methoxy groups -OCH3 is 1. The Bertz CT molecular complexity index is 789. The zero-order valence-electron chi connectivity index (χ0n) is 13.8. The Morgan fingerprint density at radius 1 is 1.39 bits per heavy atom. The maximum absolute atomic E-state index is 12.0. The van der Waals surface area contributed by atoms with E-state index in [0.29, 0.717) is 18.0 Å². The number of fused-ring (bicyclic) bond motifs is 1. The molecule has 0 radical (unpaired) electrons. The molecule has 1 N–H and O–H groups in total. The van der Waals surface area contributed by atoms with E-state index in [-0.39, 0.29) is 17.7 Å². The lowest BCUT2D eigenvalue weighted by Crippen LogP contribution is -2.20. The van der Waals surface area contributed by atoms with Crippen LogP contribution in [0.1, 0.15) is 20.8 Å². The lowest BCUT2D eigenvalue weighted by Gasteiger charge is -2.06. The van der Waals surface area contributed by atoms with Crippen molar-refractivity contribution >= 4 is 39.1 Å². The molecule has 0 saturated heterocycles. The molecule has 1 aromatic carbocycles. The fourth-order valence-electron chi connectivity index (χ4n) is 2.06. The van der Waals surface area contributed by atoms with Crippen LogP contribution in [-0.2, 0) is 20.9 Å². The minimum atomic E-state index is -0.148. The number of ether oxygens (including phenoxy) is 1. The molecule has 1 aromatic heterocycles. The Balaban J connectivity index is 2.55. The molecule has 0 aliphatic carbocycles. The number of anilines is 1. The summed E-state index contributed by atoms with van der Waals surface area (Å²) in [6, 6.07) is 5.66. The Morgan fingerprint density at radius 3 is 2.74 bits per heavy atom. The van der Waals surface area contributed by atoms with Crippen LogP contribution in [0.5, 0.6) is 0 Å². The third kappa shape index (κ3) is 4.27. The molecular weight excluding hydrogens is 314 g/mol. The molecule has 2 amide bonds. The van der Waals surface area contributed by atoms with E-state index >= 15 is 0 Å². The van der Waals surface area contributed by atoms with Crippen molar-refractivity contribution in [1.82, 2.24) is 4.57 Å². The third-order valence-electron chi connectivity index (χ3n) is 3.22. The molecule has 0 saturated carbocycles. The van der Waals surface area contributed by atoms with Crippen molar-refractivity contribution in [2.45, 2.75) is 27.3 Å². The van der Waals surface area contributed by atoms with Gasteiger partial charge in [0.1, 0.15) is 0 Å². The summed E-state index contributed by atoms with van der Waals surface area (Å²) in [6.45, 7) is 6.27. The second kappa shape index (κ2) is 7.52. The summed E-state index contributed by atoms with van der Waals surface area (Å²) in [5.74, 6) is -0.413. The Kier molecular flexibility index (Phi) is 5.68. The van der Waals surface area contributed by atoms with Crippen molar-refractivity contribution in [3.8, 4) is 0 Å². The van der Waals surface area contributed by atoms with Crippen LogP contribution < -0.4 is 10.1 Å². The summed E-state index contributed by atoms with van der Waals surface area (Å²) >= 11 is 1.43. The zero-order valence-corrected chi connectivity index (χ0v) is 14.6. The highest BCUT2D eigenvalue weighted by atomic mass is 32.1. The number of hydrogen-bond donors (Lipinski definition) is 1. The first kappa shape index (κ1) is 17.4. The van der Waals surface area contributed by atoms with Gasteiger partial charge >= 0.3 is 0 Å². The number of amides is 2. The first-order chi connectivity index (χ1) is 10.9. The third-order valence-corrected chi connectivity index (χ3v) is 4.26. The fourth-order valence-corrected chi connectivity index (χ4v) is 3.16. The Hall–Kier alpha value is -1.99. The van der Waals surface area contributed by atoms with Gasteiger partial charge in [0, 0.05) is 32.2 Å². The molecule has 2 rings (SSSR count). The highest BCUT2D eigenvalue weighted by Gasteiger charge is 2.11. The van der Waals surface area contributed by atoms with Gasteiger partial charge in [0.25, 0.3) is 5.91 Å². The normalized spacial score (nSPS) is 12.1. The number of nitrogens with one attached hydrogen (secondary N) is 1. The monoisotopic (exact) mass is 335 g/mol. The number of carbonyl (C=O) groups excluding carboxylic acids is 2. The molecule has 7 heteroatoms. The molecule has 0 unspecified atom stereocenters. The van der Waals surface area contributed by atoms with Gasteiger partial charge in [-0.3, -0.25) is 9.59 Å². The first-order valence-corrected chi connectivity index (χ1v) is 8.22. The van der Waals surface area contributed by atoms with Crippen LogP contribution in [0.4, 0.5) is 5.69 Å². The predicted molar refractivity (Wildman–Crippen MR) is 91.4 cm³/mol. The van der Waals surface area contributed by atoms with E-state index in [2.05, 4.69) is 10.3 Å². The van der Waals surface area contributed by atoms with Crippen LogP contribution in [0.25, 0.3) is 10.2 Å². The average molecular weight is 335 g/mol. The molecule has 0 aliphatic rings. The fraction of sp³-hybridized carbons (Fsp3) is 0.438. The van der Waals surface area contributed by atoms with Gasteiger partial charge in [-0.25, -0.2) is 0 Å². The summed E-state index contributed by atoms with van der Waals surface area (Å²) in [5, 5.41) is 2.76. The number of thiazole rings is 1. The minimum absolute atomic E-state index is 0.118. The topological polar surface area (TPSA) is 72.7 Å². The maximum atomic E-state index is 12.0. The summed E-state index contributed by atoms with van der Waals surface area (Å²) in [4.78, 5) is 28.0. The number of benzene rings is 1. The van der Waals surface area contributed by atoms with E-state index in [1.54, 1.807) is 7.11 Å². The van der Waals surface area contributed by atoms with E-state index in [0.717, 1.165) is 15.9 Å². The van der Waals surface area contributed by atoms with Crippen molar-refractivity contribution < 1.29 is 14.3 Å². The molecule has 0 spiro atoms. The summed E-state index contributed by atoms with van der Waals surface area (Å²) < 4.78 is 8.08. The number of carbonyl (C=O) groups is 2. The van der Waals surface area contributed by atoms with E-state index in [4.69, 9.17) is 4.74 Å². The number of hydrogen-bond acceptors (Lipinski definition) is 4. The zero-order chi connectivity index (χ0) is 17.0. The van der Waals surface area contributed by atoms with E-state index in [1.807, 2.05) is 36.6 Å². The quantitative estimate of drug-likeness (QED) is 0.912. The smallest absolute Gasteiger partial charge is 0.250 e. The van der Waals surface area contributed by atoms with Gasteiger partial charge in [0.15, 0.2) is 4.80 Å². The SMILES string of the molecule is COCCn1c(=NC(=O)C(C)C)sc2cc(NC(C)=O)ccc21. The molecule has 0 bridgehead atoms. The van der Waals surface area contributed by atoms with E-state index in [1.165, 1.54) is 18.3 Å². The minimum Gasteiger partial charge on any atom is -0.383 e. The van der Waals surface area contributed by atoms with Gasteiger partial charge in [-0.2, -0.15) is 4.99 Å². The van der Waals surface area contributed by atoms with Gasteiger partial charge < -0.3 is 14.6 Å². The standard InChI is InChI=1S/C16H21N3O3S/c1-10(2)15(21)18-16-19(7-8-22-4)13-6-5-12(17-11(3)20)9-14(13)23-16/h5-6,9-10H,7-8H2,1-4H3,(H,17,20). The van der Waals surface area contributed by atoms with Gasteiger partial charge in [-0.05, 0) is 18.2 Å². The lowest BCUT2D eigenvalue weighted by molar-refractivity contribution is -0.120. The molecule has 0 atom stereocenters. The molecule has 23 heavy (non-hydrogen) atoms. The molecule has 0 fully saturated rings. The van der Waals surface area contributed by atoms with Crippen LogP contribution in [0.3, 0.4) is 0 Å². The van der Waals surface area contributed by atoms with Gasteiger partial charge in [0.2, 0.25) is 5.91 Å². The van der Waals surface area contributed by atoms with Crippen molar-refractivity contribution in [2.24, 2.45) is 10.9 Å². The van der Waals surface area contributed by atoms with Crippen molar-refractivity contribution in [3.63, 3.8) is 0 Å². The molecule has 6 nitrogen and oxygen atoms in total. The van der Waals surface area contributed by atoms with Crippen molar-refractivity contribution in [2.75, 3.05) is 19.0 Å². The number of nitrogens with zero attached hydrogens (tertiary/aromatic N) is 2. The second-order valence-corrected chi connectivity index (χ2v) is 6.51. The van der Waals surface area contributed by atoms with E-state index < -0.39 is 0 Å². The molecule has 124 valence electrons. The average Bonchev–Trinajstić information content (AvgIpc) is 2.80. The summed E-state index contributed by atoms with van der Waals surface area (Å²) in [7, 11) is 1.64. The largest absolute Gasteiger partial charge is 0.383 e. The van der Waals surface area contributed by atoms with Gasteiger partial charge in [-0.1, -0.05) is 25.2 Å². The first-order valence-electron chi connectivity index (χ1n) is 7.41. The highest BCUT2D eigenvalue weighted by molar-refractivity contribution is 7.16. The van der Waals surface area contributed by atoms with Crippen LogP contribution >= 0.6 is 11.3 Å². The van der Waals surface area contributed by atoms with Crippen molar-refractivity contribution in [3.05, 3.63) is 23.0 Å². The molecule has 0 aliphatic heterocycles. The predicted octanol–water partition coefficient (Wildman–Crippen LogP) is 2.39. The maximum Gasteiger partial charge on any atom is 0.250 e. The van der Waals surface area contributed by atoms with Gasteiger partial charge in [-0.15, -0.1) is 0 Å². The summed E-state index contributed by atoms with van der Waals surface area (Å²) in [6.07, 6.45) is 0. The second-order valence-electron chi connectivity index (χ2n) is 5.50. The van der Waals surface area contributed by atoms with Crippen LogP contribution in [0, 0.1) is 5.92 Å². The Labute approximate surface area is 138 Å². The Morgan fingerprint density at radius 2 is 2.13 bits per heavy atom. The highest BCUT2D eigenvalue weighted by Crippen LogP contribution is 2.22. The van der Waals surface area contributed by atoms with E-state index in [9.17, 15) is 9.59 Å². The van der Waals surface area contributed by atoms with Crippen LogP contribution in [-0.4, -0.2) is 30.1 Å². The molecule has 2 aromatic rings. The van der Waals surface area contributed by atoms with Crippen LogP contribution in [0.2, 0.25) is 0 Å². The lowest BCUT2D eigenvalue weighted by atomic mass is 10.2. The number of aromatic nitrogens is 1. The molecule has 1 heterocycles. The van der Waals surface area contributed by atoms with Gasteiger partial charge in [0.05, 0.1) is 16.8 Å².